The van der Waals surface area contributed by atoms with Crippen LogP contribution in [-0.2, 0) is 21.3 Å². The number of Topliss-reactive ketones (excluding diaryl/α,β-unsaturated/α-hetero) is 1. The Labute approximate surface area is 132 Å². The number of hydrogen-bond donors (Lipinski definition) is 1. The van der Waals surface area contributed by atoms with Crippen LogP contribution in [0.1, 0.15) is 18.4 Å². The standard InChI is InChI=1S/C13H13FN4O4S/c1-17-12(15)16-13(6-8(19)5-11(13)23(17)22)9-4-7(18(20)21)2-3-10(9)14/h2-4,11H,5-6H2,1H3,(H2,15,16). The molecule has 0 saturated heterocycles. The summed E-state index contributed by atoms with van der Waals surface area (Å²) in [4.78, 5) is 26.5. The van der Waals surface area contributed by atoms with E-state index in [1.807, 2.05) is 0 Å². The molecular weight excluding hydrogens is 327 g/mol. The van der Waals surface area contributed by atoms with Crippen LogP contribution in [0.5, 0.6) is 0 Å². The SMILES string of the molecule is CN1C(N)=NC2(c3cc([N+](=O)[O-])ccc3F)CC(=O)CC2S1=O. The van der Waals surface area contributed by atoms with Gasteiger partial charge in [-0.15, -0.1) is 0 Å². The van der Waals surface area contributed by atoms with Gasteiger partial charge in [0.2, 0.25) is 5.96 Å². The minimum Gasteiger partial charge on any atom is -0.369 e. The van der Waals surface area contributed by atoms with Crippen molar-refractivity contribution in [2.75, 3.05) is 7.05 Å². The maximum absolute atomic E-state index is 14.4. The lowest BCUT2D eigenvalue weighted by Crippen LogP contribution is -2.52. The highest BCUT2D eigenvalue weighted by Gasteiger charge is 2.56. The van der Waals surface area contributed by atoms with Crippen LogP contribution in [0.2, 0.25) is 0 Å². The Morgan fingerprint density at radius 3 is 2.91 bits per heavy atom. The number of nitrogens with two attached hydrogens (primary N) is 1. The van der Waals surface area contributed by atoms with E-state index in [-0.39, 0.29) is 35.8 Å². The number of rotatable bonds is 2. The van der Waals surface area contributed by atoms with Gasteiger partial charge in [-0.25, -0.2) is 13.6 Å². The van der Waals surface area contributed by atoms with Gasteiger partial charge in [-0.05, 0) is 6.07 Å². The van der Waals surface area contributed by atoms with Gasteiger partial charge in [0.25, 0.3) is 5.69 Å². The summed E-state index contributed by atoms with van der Waals surface area (Å²) in [6.45, 7) is 0. The first kappa shape index (κ1) is 15.5. The Bertz CT molecular complexity index is 783. The van der Waals surface area contributed by atoms with Crippen LogP contribution >= 0.6 is 0 Å². The topological polar surface area (TPSA) is 119 Å². The van der Waals surface area contributed by atoms with Gasteiger partial charge >= 0.3 is 0 Å². The molecule has 23 heavy (non-hydrogen) atoms. The third-order valence-corrected chi connectivity index (χ3v) is 5.96. The highest BCUT2D eigenvalue weighted by molar-refractivity contribution is 7.84. The van der Waals surface area contributed by atoms with Gasteiger partial charge in [-0.3, -0.25) is 19.2 Å². The van der Waals surface area contributed by atoms with Crippen molar-refractivity contribution in [2.24, 2.45) is 10.7 Å². The third-order valence-electron chi connectivity index (χ3n) is 4.19. The van der Waals surface area contributed by atoms with Crippen LogP contribution in [0.4, 0.5) is 10.1 Å². The quantitative estimate of drug-likeness (QED) is 0.624. The molecular formula is C13H13FN4O4S. The molecule has 1 fully saturated rings. The van der Waals surface area contributed by atoms with Gasteiger partial charge in [-0.2, -0.15) is 0 Å². The van der Waals surface area contributed by atoms with Crippen molar-refractivity contribution in [3.05, 3.63) is 39.7 Å². The first-order valence-corrected chi connectivity index (χ1v) is 7.89. The fourth-order valence-electron chi connectivity index (χ4n) is 3.06. The van der Waals surface area contributed by atoms with Crippen LogP contribution < -0.4 is 5.73 Å². The fraction of sp³-hybridized carbons (Fsp3) is 0.385. The Balaban J connectivity index is 2.26. The van der Waals surface area contributed by atoms with Crippen molar-refractivity contribution >= 4 is 28.4 Å². The van der Waals surface area contributed by atoms with Crippen LogP contribution in [0, 0.1) is 15.9 Å². The van der Waals surface area contributed by atoms with E-state index in [1.54, 1.807) is 0 Å². The monoisotopic (exact) mass is 340 g/mol. The molecule has 10 heteroatoms. The van der Waals surface area contributed by atoms with Crippen molar-refractivity contribution in [3.8, 4) is 0 Å². The average molecular weight is 340 g/mol. The lowest BCUT2D eigenvalue weighted by atomic mass is 9.87. The number of aliphatic imine (C=N–C) groups is 1. The van der Waals surface area contributed by atoms with E-state index in [0.717, 1.165) is 18.2 Å². The number of ketones is 1. The largest absolute Gasteiger partial charge is 0.369 e. The minimum atomic E-state index is -1.69. The molecule has 8 nitrogen and oxygen atoms in total. The molecule has 1 aromatic carbocycles. The van der Waals surface area contributed by atoms with Gasteiger partial charge in [0.1, 0.15) is 28.1 Å². The number of carbonyl (C=O) groups is 1. The fourth-order valence-corrected chi connectivity index (χ4v) is 4.59. The van der Waals surface area contributed by atoms with Crippen LogP contribution in [0.15, 0.2) is 23.2 Å². The molecule has 3 rings (SSSR count). The number of benzene rings is 1. The molecule has 0 aromatic heterocycles. The Hall–Kier alpha value is -2.36. The number of non-ortho nitro benzene ring substituents is 1. The van der Waals surface area contributed by atoms with Gasteiger partial charge in [0.15, 0.2) is 0 Å². The van der Waals surface area contributed by atoms with Crippen molar-refractivity contribution in [1.29, 1.82) is 0 Å². The molecule has 122 valence electrons. The second kappa shape index (κ2) is 5.08. The smallest absolute Gasteiger partial charge is 0.270 e. The number of nitro groups is 1. The molecule has 1 aliphatic carbocycles. The summed E-state index contributed by atoms with van der Waals surface area (Å²) in [5.41, 5.74) is 3.85. The highest BCUT2D eigenvalue weighted by Crippen LogP contribution is 2.47. The van der Waals surface area contributed by atoms with E-state index in [4.69, 9.17) is 5.73 Å². The summed E-state index contributed by atoms with van der Waals surface area (Å²) in [5, 5.41) is 10.2. The molecule has 0 spiro atoms. The predicted octanol–water partition coefficient (Wildman–Crippen LogP) is 0.585. The first-order valence-electron chi connectivity index (χ1n) is 6.72. The molecule has 3 unspecified atom stereocenters. The number of hydrogen-bond acceptors (Lipinski definition) is 6. The van der Waals surface area contributed by atoms with E-state index >= 15 is 0 Å². The number of guanidine groups is 1. The zero-order valence-electron chi connectivity index (χ0n) is 12.1. The molecule has 1 aliphatic heterocycles. The number of carbonyl (C=O) groups excluding carboxylic acids is 1. The van der Waals surface area contributed by atoms with Crippen molar-refractivity contribution in [2.45, 2.75) is 23.6 Å². The summed E-state index contributed by atoms with van der Waals surface area (Å²) in [6, 6.07) is 3.02. The van der Waals surface area contributed by atoms with Crippen LogP contribution in [0.3, 0.4) is 0 Å². The average Bonchev–Trinajstić information content (AvgIpc) is 2.82. The van der Waals surface area contributed by atoms with Crippen LogP contribution in [0.25, 0.3) is 0 Å². The third kappa shape index (κ3) is 2.21. The summed E-state index contributed by atoms with van der Waals surface area (Å²) >= 11 is 0. The number of nitrogens with zero attached hydrogens (tertiary/aromatic N) is 3. The maximum Gasteiger partial charge on any atom is 0.270 e. The van der Waals surface area contributed by atoms with E-state index in [1.165, 1.54) is 11.4 Å². The molecule has 0 amide bonds. The molecule has 2 aliphatic rings. The highest BCUT2D eigenvalue weighted by atomic mass is 32.2. The minimum absolute atomic E-state index is 0.0458. The number of nitro benzene ring substituents is 1. The molecule has 0 radical (unpaired) electrons. The van der Waals surface area contributed by atoms with Gasteiger partial charge in [-0.1, -0.05) is 0 Å². The molecule has 1 saturated carbocycles. The molecule has 2 N–H and O–H groups in total. The Morgan fingerprint density at radius 1 is 1.57 bits per heavy atom. The van der Waals surface area contributed by atoms with Crippen LogP contribution in [-0.4, -0.2) is 37.5 Å². The summed E-state index contributed by atoms with van der Waals surface area (Å²) in [5.74, 6) is -1.07. The van der Waals surface area contributed by atoms with E-state index in [2.05, 4.69) is 4.99 Å². The van der Waals surface area contributed by atoms with Gasteiger partial charge < -0.3 is 5.73 Å². The molecule has 1 heterocycles. The lowest BCUT2D eigenvalue weighted by molar-refractivity contribution is -0.385. The second-order valence-corrected chi connectivity index (χ2v) is 7.17. The van der Waals surface area contributed by atoms with E-state index in [0.29, 0.717) is 0 Å². The van der Waals surface area contributed by atoms with E-state index in [9.17, 15) is 23.5 Å². The van der Waals surface area contributed by atoms with Crippen molar-refractivity contribution < 1.29 is 18.3 Å². The van der Waals surface area contributed by atoms with Gasteiger partial charge in [0.05, 0.1) is 10.2 Å². The first-order chi connectivity index (χ1) is 10.8. The Kier molecular flexibility index (Phi) is 3.43. The Morgan fingerprint density at radius 2 is 2.26 bits per heavy atom. The summed E-state index contributed by atoms with van der Waals surface area (Å²) in [6.07, 6.45) is -0.230. The summed E-state index contributed by atoms with van der Waals surface area (Å²) < 4.78 is 28.1. The second-order valence-electron chi connectivity index (χ2n) is 5.50. The molecule has 3 atom stereocenters. The molecule has 0 bridgehead atoms. The van der Waals surface area contributed by atoms with Crippen molar-refractivity contribution in [3.63, 3.8) is 0 Å². The normalized spacial score (nSPS) is 30.1. The zero-order chi connectivity index (χ0) is 16.9. The summed E-state index contributed by atoms with van der Waals surface area (Å²) in [7, 11) is -0.223. The molecule has 1 aromatic rings. The maximum atomic E-state index is 14.4. The van der Waals surface area contributed by atoms with E-state index < -0.39 is 32.5 Å². The van der Waals surface area contributed by atoms with Crippen molar-refractivity contribution in [1.82, 2.24) is 4.31 Å². The van der Waals surface area contributed by atoms with Gasteiger partial charge in [0, 0.05) is 37.6 Å². The number of halogens is 1. The lowest BCUT2D eigenvalue weighted by Gasteiger charge is -2.38. The zero-order valence-corrected chi connectivity index (χ0v) is 12.9. The number of fused-ring (bicyclic) bond motifs is 1. The predicted molar refractivity (Wildman–Crippen MR) is 80.3 cm³/mol.